The highest BCUT2D eigenvalue weighted by atomic mass is 16.5. The van der Waals surface area contributed by atoms with Gasteiger partial charge in [0.25, 0.3) is 5.91 Å². The molecule has 1 aliphatic heterocycles. The SMILES string of the molecule is COc1ccccc1-c1nc2cc(C(=O)NC[C@@H]3OCCc4ccccc43)cc(NC(C)=O)c2n1C. The molecular weight excluding hydrogens is 456 g/mol. The van der Waals surface area contributed by atoms with E-state index in [0.29, 0.717) is 47.0 Å². The van der Waals surface area contributed by atoms with Gasteiger partial charge in [0.15, 0.2) is 0 Å². The first-order chi connectivity index (χ1) is 17.5. The average Bonchev–Trinajstić information content (AvgIpc) is 3.23. The van der Waals surface area contributed by atoms with Gasteiger partial charge >= 0.3 is 0 Å². The van der Waals surface area contributed by atoms with E-state index in [2.05, 4.69) is 16.7 Å². The van der Waals surface area contributed by atoms with Gasteiger partial charge in [-0.1, -0.05) is 36.4 Å². The summed E-state index contributed by atoms with van der Waals surface area (Å²) in [4.78, 5) is 30.0. The van der Waals surface area contributed by atoms with E-state index in [0.717, 1.165) is 17.5 Å². The molecule has 3 aromatic carbocycles. The van der Waals surface area contributed by atoms with Crippen LogP contribution < -0.4 is 15.4 Å². The van der Waals surface area contributed by atoms with Crippen LogP contribution >= 0.6 is 0 Å². The number of carbonyl (C=O) groups is 2. The van der Waals surface area contributed by atoms with Gasteiger partial charge in [-0.15, -0.1) is 0 Å². The summed E-state index contributed by atoms with van der Waals surface area (Å²) in [5, 5.41) is 5.86. The minimum atomic E-state index is -0.264. The van der Waals surface area contributed by atoms with E-state index in [1.54, 1.807) is 19.2 Å². The lowest BCUT2D eigenvalue weighted by Crippen LogP contribution is -2.32. The third kappa shape index (κ3) is 4.43. The van der Waals surface area contributed by atoms with Crippen LogP contribution in [0.2, 0.25) is 0 Å². The van der Waals surface area contributed by atoms with Crippen molar-refractivity contribution in [3.05, 3.63) is 77.4 Å². The lowest BCUT2D eigenvalue weighted by Gasteiger charge is -2.26. The summed E-state index contributed by atoms with van der Waals surface area (Å²) in [6.45, 7) is 2.40. The molecule has 8 nitrogen and oxygen atoms in total. The zero-order chi connectivity index (χ0) is 25.2. The number of aryl methyl sites for hydroxylation is 1. The van der Waals surface area contributed by atoms with Crippen molar-refractivity contribution in [3.8, 4) is 17.1 Å². The van der Waals surface area contributed by atoms with Crippen molar-refractivity contribution in [2.45, 2.75) is 19.4 Å². The number of anilines is 1. The van der Waals surface area contributed by atoms with E-state index in [-0.39, 0.29) is 17.9 Å². The van der Waals surface area contributed by atoms with Crippen LogP contribution in [0.4, 0.5) is 5.69 Å². The Bertz CT molecular complexity index is 1460. The topological polar surface area (TPSA) is 94.5 Å². The molecule has 8 heteroatoms. The molecule has 1 aromatic heterocycles. The van der Waals surface area contributed by atoms with E-state index in [1.165, 1.54) is 12.5 Å². The Kier molecular flexibility index (Phi) is 6.43. The van der Waals surface area contributed by atoms with Gasteiger partial charge in [0.2, 0.25) is 5.91 Å². The first-order valence-corrected chi connectivity index (χ1v) is 11.9. The molecule has 5 rings (SSSR count). The lowest BCUT2D eigenvalue weighted by molar-refractivity contribution is -0.114. The van der Waals surface area contributed by atoms with E-state index in [9.17, 15) is 9.59 Å². The minimum Gasteiger partial charge on any atom is -0.496 e. The Hall–Kier alpha value is -4.17. The smallest absolute Gasteiger partial charge is 0.251 e. The number of benzene rings is 3. The standard InChI is InChI=1S/C28H28N4O4/c1-17(33)30-22-14-19(28(34)29-16-25-20-9-5-4-8-18(20)12-13-36-25)15-23-26(22)32(2)27(31-23)21-10-6-7-11-24(21)35-3/h4-11,14-15,25H,12-13,16H2,1-3H3,(H,29,34)(H,30,33)/t25-/m0/s1. The molecule has 2 amide bonds. The lowest BCUT2D eigenvalue weighted by atomic mass is 9.97. The number of hydrogen-bond acceptors (Lipinski definition) is 5. The molecule has 184 valence electrons. The second kappa shape index (κ2) is 9.83. The molecule has 0 saturated heterocycles. The van der Waals surface area contributed by atoms with Crippen LogP contribution in [0, 0.1) is 0 Å². The molecule has 0 radical (unpaired) electrons. The van der Waals surface area contributed by atoms with Gasteiger partial charge in [-0.25, -0.2) is 4.98 Å². The number of rotatable bonds is 6. The molecule has 0 saturated carbocycles. The van der Waals surface area contributed by atoms with E-state index < -0.39 is 0 Å². The predicted molar refractivity (Wildman–Crippen MR) is 138 cm³/mol. The van der Waals surface area contributed by atoms with E-state index >= 15 is 0 Å². The number of nitrogens with one attached hydrogen (secondary N) is 2. The number of carbonyl (C=O) groups excluding carboxylic acids is 2. The summed E-state index contributed by atoms with van der Waals surface area (Å²) in [7, 11) is 3.49. The zero-order valence-electron chi connectivity index (χ0n) is 20.5. The number of aromatic nitrogens is 2. The van der Waals surface area contributed by atoms with Crippen LogP contribution in [-0.4, -0.2) is 41.6 Å². The fraction of sp³-hybridized carbons (Fsp3) is 0.250. The monoisotopic (exact) mass is 484 g/mol. The Morgan fingerprint density at radius 3 is 2.72 bits per heavy atom. The van der Waals surface area contributed by atoms with Crippen LogP contribution in [0.25, 0.3) is 22.4 Å². The summed E-state index contributed by atoms with van der Waals surface area (Å²) in [5.41, 5.74) is 5.38. The Balaban J connectivity index is 1.49. The van der Waals surface area contributed by atoms with Gasteiger partial charge in [-0.2, -0.15) is 0 Å². The van der Waals surface area contributed by atoms with Crippen LogP contribution in [0.5, 0.6) is 5.75 Å². The molecule has 0 spiro atoms. The van der Waals surface area contributed by atoms with Crippen molar-refractivity contribution in [2.75, 3.05) is 25.6 Å². The maximum Gasteiger partial charge on any atom is 0.251 e. The molecule has 0 fully saturated rings. The van der Waals surface area contributed by atoms with E-state index in [4.69, 9.17) is 14.5 Å². The van der Waals surface area contributed by atoms with Gasteiger partial charge in [0.1, 0.15) is 17.7 Å². The van der Waals surface area contributed by atoms with Crippen LogP contribution in [-0.2, 0) is 23.0 Å². The van der Waals surface area contributed by atoms with Crippen molar-refractivity contribution in [1.82, 2.24) is 14.9 Å². The summed E-state index contributed by atoms with van der Waals surface area (Å²) in [6.07, 6.45) is 0.662. The van der Waals surface area contributed by atoms with Crippen molar-refractivity contribution < 1.29 is 19.1 Å². The second-order valence-corrected chi connectivity index (χ2v) is 8.79. The molecule has 0 unspecified atom stereocenters. The van der Waals surface area contributed by atoms with Gasteiger partial charge in [0.05, 0.1) is 36.0 Å². The molecule has 0 aliphatic carbocycles. The van der Waals surface area contributed by atoms with Gasteiger partial charge in [-0.05, 0) is 41.8 Å². The predicted octanol–water partition coefficient (Wildman–Crippen LogP) is 4.25. The Morgan fingerprint density at radius 1 is 1.14 bits per heavy atom. The molecule has 1 atom stereocenters. The van der Waals surface area contributed by atoms with Gasteiger partial charge in [0, 0.05) is 26.1 Å². The van der Waals surface area contributed by atoms with Gasteiger partial charge in [-0.3, -0.25) is 9.59 Å². The number of imidazole rings is 1. The highest BCUT2D eigenvalue weighted by molar-refractivity contribution is 6.05. The van der Waals surface area contributed by atoms with Gasteiger partial charge < -0.3 is 24.7 Å². The molecule has 1 aliphatic rings. The van der Waals surface area contributed by atoms with Crippen molar-refractivity contribution in [3.63, 3.8) is 0 Å². The quantitative estimate of drug-likeness (QED) is 0.427. The maximum absolute atomic E-state index is 13.2. The molecule has 36 heavy (non-hydrogen) atoms. The average molecular weight is 485 g/mol. The number of amides is 2. The summed E-state index contributed by atoms with van der Waals surface area (Å²) < 4.78 is 13.3. The summed E-state index contributed by atoms with van der Waals surface area (Å²) >= 11 is 0. The number of para-hydroxylation sites is 1. The van der Waals surface area contributed by atoms with E-state index in [1.807, 2.05) is 54.1 Å². The largest absolute Gasteiger partial charge is 0.496 e. The number of ether oxygens (including phenoxy) is 2. The summed E-state index contributed by atoms with van der Waals surface area (Å²) in [6, 6.07) is 19.2. The fourth-order valence-corrected chi connectivity index (χ4v) is 4.77. The highest BCUT2D eigenvalue weighted by Gasteiger charge is 2.23. The van der Waals surface area contributed by atoms with Crippen molar-refractivity contribution in [1.29, 1.82) is 0 Å². The third-order valence-electron chi connectivity index (χ3n) is 6.43. The first kappa shape index (κ1) is 23.6. The maximum atomic E-state index is 13.2. The Labute approximate surface area is 209 Å². The van der Waals surface area contributed by atoms with Crippen LogP contribution in [0.3, 0.4) is 0 Å². The second-order valence-electron chi connectivity index (χ2n) is 8.79. The highest BCUT2D eigenvalue weighted by Crippen LogP contribution is 2.34. The fourth-order valence-electron chi connectivity index (χ4n) is 4.77. The first-order valence-electron chi connectivity index (χ1n) is 11.9. The number of hydrogen-bond donors (Lipinski definition) is 2. The number of nitrogens with zero attached hydrogens (tertiary/aromatic N) is 2. The van der Waals surface area contributed by atoms with Crippen LogP contribution in [0.1, 0.15) is 34.5 Å². The molecule has 0 bridgehead atoms. The third-order valence-corrected chi connectivity index (χ3v) is 6.43. The van der Waals surface area contributed by atoms with Crippen molar-refractivity contribution in [2.24, 2.45) is 7.05 Å². The molecule has 4 aromatic rings. The van der Waals surface area contributed by atoms with Crippen molar-refractivity contribution >= 4 is 28.5 Å². The zero-order valence-corrected chi connectivity index (χ0v) is 20.5. The normalized spacial score (nSPS) is 14.8. The summed E-state index contributed by atoms with van der Waals surface area (Å²) in [5.74, 6) is 0.849. The molecular formula is C28H28N4O4. The number of fused-ring (bicyclic) bond motifs is 2. The molecule has 2 N–H and O–H groups in total. The molecule has 2 heterocycles. The minimum absolute atomic E-state index is 0.204. The Morgan fingerprint density at radius 2 is 1.92 bits per heavy atom. The van der Waals surface area contributed by atoms with Crippen LogP contribution in [0.15, 0.2) is 60.7 Å². The number of methoxy groups -OCH3 is 1.